The maximum absolute atomic E-state index is 11.0. The van der Waals surface area contributed by atoms with E-state index in [1.807, 2.05) is 24.3 Å². The molecule has 3 aromatic rings. The average Bonchev–Trinajstić information content (AvgIpc) is 2.90. The van der Waals surface area contributed by atoms with Gasteiger partial charge in [-0.2, -0.15) is 0 Å². The molecule has 6 nitrogen and oxygen atoms in total. The molecule has 0 spiro atoms. The highest BCUT2D eigenvalue weighted by Gasteiger charge is 2.10. The van der Waals surface area contributed by atoms with Crippen molar-refractivity contribution < 1.29 is 14.6 Å². The lowest BCUT2D eigenvalue weighted by Gasteiger charge is -2.04. The Morgan fingerprint density at radius 1 is 1.29 bits per heavy atom. The molecule has 0 atom stereocenters. The first-order valence-electron chi connectivity index (χ1n) is 6.37. The number of methoxy groups -OCH3 is 1. The number of aromatic carboxylic acids is 1. The van der Waals surface area contributed by atoms with Crippen LogP contribution in [0.3, 0.4) is 0 Å². The molecular formula is C15H13N3O3. The van der Waals surface area contributed by atoms with Crippen LogP contribution in [-0.4, -0.2) is 32.8 Å². The Hall–Kier alpha value is -2.89. The molecule has 0 aliphatic heterocycles. The lowest BCUT2D eigenvalue weighted by atomic mass is 10.1. The number of rotatable bonds is 4. The van der Waals surface area contributed by atoms with Crippen LogP contribution in [0.2, 0.25) is 0 Å². The molecule has 2 heterocycles. The van der Waals surface area contributed by atoms with Crippen molar-refractivity contribution in [3.05, 3.63) is 59.5 Å². The molecule has 0 aliphatic carbocycles. The first kappa shape index (κ1) is 13.1. The second kappa shape index (κ2) is 5.24. The van der Waals surface area contributed by atoms with E-state index in [2.05, 4.69) is 10.2 Å². The number of carbonyl (C=O) groups is 1. The second-order valence-corrected chi connectivity index (χ2v) is 4.60. The fraction of sp³-hybridized carbons (Fsp3) is 0.133. The van der Waals surface area contributed by atoms with E-state index in [9.17, 15) is 4.79 Å². The molecule has 6 heteroatoms. The highest BCUT2D eigenvalue weighted by atomic mass is 16.5. The molecular weight excluding hydrogens is 270 g/mol. The third-order valence-corrected chi connectivity index (χ3v) is 3.22. The van der Waals surface area contributed by atoms with Gasteiger partial charge in [-0.05, 0) is 29.8 Å². The summed E-state index contributed by atoms with van der Waals surface area (Å²) in [7, 11) is 1.62. The summed E-state index contributed by atoms with van der Waals surface area (Å²) in [6, 6.07) is 10.8. The summed E-state index contributed by atoms with van der Waals surface area (Å²) in [4.78, 5) is 11.0. The summed E-state index contributed by atoms with van der Waals surface area (Å²) in [5, 5.41) is 17.2. The van der Waals surface area contributed by atoms with Crippen molar-refractivity contribution >= 4 is 11.6 Å². The van der Waals surface area contributed by atoms with Crippen LogP contribution < -0.4 is 4.74 Å². The van der Waals surface area contributed by atoms with E-state index >= 15 is 0 Å². The number of hydrogen-bond acceptors (Lipinski definition) is 4. The number of carboxylic acid groups (broad SMARTS) is 1. The molecule has 1 aromatic carbocycles. The van der Waals surface area contributed by atoms with E-state index in [1.165, 1.54) is 12.3 Å². The Labute approximate surface area is 120 Å². The van der Waals surface area contributed by atoms with Gasteiger partial charge in [0.25, 0.3) is 0 Å². The number of pyridine rings is 1. The molecule has 0 aliphatic rings. The summed E-state index contributed by atoms with van der Waals surface area (Å²) < 4.78 is 6.89. The molecule has 0 amide bonds. The van der Waals surface area contributed by atoms with Crippen molar-refractivity contribution in [3.8, 4) is 5.75 Å². The van der Waals surface area contributed by atoms with Crippen molar-refractivity contribution in [3.63, 3.8) is 0 Å². The summed E-state index contributed by atoms with van der Waals surface area (Å²) in [5.41, 5.74) is 1.84. The predicted molar refractivity (Wildman–Crippen MR) is 75.7 cm³/mol. The van der Waals surface area contributed by atoms with Gasteiger partial charge in [0.15, 0.2) is 5.65 Å². The lowest BCUT2D eigenvalue weighted by molar-refractivity contribution is 0.0696. The summed E-state index contributed by atoms with van der Waals surface area (Å²) in [6.45, 7) is 0. The summed E-state index contributed by atoms with van der Waals surface area (Å²) >= 11 is 0. The standard InChI is InChI=1S/C15H13N3O3/c1-21-12-4-2-3-10(7-12)8-14-17-16-13-6-5-11(15(19)20)9-18(13)14/h2-7,9H,8H2,1H3,(H,19,20). The van der Waals surface area contributed by atoms with E-state index in [-0.39, 0.29) is 5.56 Å². The van der Waals surface area contributed by atoms with E-state index in [0.29, 0.717) is 17.9 Å². The Bertz CT molecular complexity index is 811. The Morgan fingerprint density at radius 3 is 2.90 bits per heavy atom. The average molecular weight is 283 g/mol. The molecule has 106 valence electrons. The highest BCUT2D eigenvalue weighted by Crippen LogP contribution is 2.16. The summed E-state index contributed by atoms with van der Waals surface area (Å²) in [5.74, 6) is 0.479. The predicted octanol–water partition coefficient (Wildman–Crippen LogP) is 2.03. The molecule has 3 rings (SSSR count). The molecule has 0 bridgehead atoms. The van der Waals surface area contributed by atoms with Crippen LogP contribution >= 0.6 is 0 Å². The van der Waals surface area contributed by atoms with Gasteiger partial charge in [-0.3, -0.25) is 4.40 Å². The minimum atomic E-state index is -0.974. The number of benzene rings is 1. The smallest absolute Gasteiger partial charge is 0.337 e. The van der Waals surface area contributed by atoms with Crippen molar-refractivity contribution in [1.82, 2.24) is 14.6 Å². The third-order valence-electron chi connectivity index (χ3n) is 3.22. The number of nitrogens with zero attached hydrogens (tertiary/aromatic N) is 3. The van der Waals surface area contributed by atoms with Gasteiger partial charge in [-0.25, -0.2) is 4.79 Å². The van der Waals surface area contributed by atoms with Crippen LogP contribution in [0.1, 0.15) is 21.7 Å². The van der Waals surface area contributed by atoms with Crippen molar-refractivity contribution in [2.24, 2.45) is 0 Å². The highest BCUT2D eigenvalue weighted by molar-refractivity contribution is 5.87. The van der Waals surface area contributed by atoms with Gasteiger partial charge in [0, 0.05) is 12.6 Å². The van der Waals surface area contributed by atoms with Gasteiger partial charge in [0.05, 0.1) is 12.7 Å². The summed E-state index contributed by atoms with van der Waals surface area (Å²) in [6.07, 6.45) is 2.08. The van der Waals surface area contributed by atoms with Gasteiger partial charge in [0.1, 0.15) is 11.6 Å². The number of ether oxygens (including phenoxy) is 1. The molecule has 0 unspecified atom stereocenters. The first-order chi connectivity index (χ1) is 10.2. The maximum Gasteiger partial charge on any atom is 0.337 e. The van der Waals surface area contributed by atoms with Gasteiger partial charge in [-0.1, -0.05) is 12.1 Å². The van der Waals surface area contributed by atoms with Gasteiger partial charge in [0.2, 0.25) is 0 Å². The van der Waals surface area contributed by atoms with Gasteiger partial charge >= 0.3 is 5.97 Å². The SMILES string of the molecule is COc1cccc(Cc2nnc3ccc(C(=O)O)cn23)c1. The Morgan fingerprint density at radius 2 is 2.14 bits per heavy atom. The molecule has 2 aromatic heterocycles. The fourth-order valence-corrected chi connectivity index (χ4v) is 2.15. The van der Waals surface area contributed by atoms with Gasteiger partial charge in [-0.15, -0.1) is 10.2 Å². The van der Waals surface area contributed by atoms with Crippen LogP contribution in [0.4, 0.5) is 0 Å². The lowest BCUT2D eigenvalue weighted by Crippen LogP contribution is -2.02. The zero-order chi connectivity index (χ0) is 14.8. The topological polar surface area (TPSA) is 76.7 Å². The fourth-order valence-electron chi connectivity index (χ4n) is 2.15. The van der Waals surface area contributed by atoms with Crippen LogP contribution in [-0.2, 0) is 6.42 Å². The molecule has 0 saturated carbocycles. The zero-order valence-corrected chi connectivity index (χ0v) is 11.4. The van der Waals surface area contributed by atoms with Crippen molar-refractivity contribution in [1.29, 1.82) is 0 Å². The number of aromatic nitrogens is 3. The van der Waals surface area contributed by atoms with E-state index < -0.39 is 5.97 Å². The quantitative estimate of drug-likeness (QED) is 0.792. The third kappa shape index (κ3) is 2.55. The van der Waals surface area contributed by atoms with Crippen LogP contribution in [0, 0.1) is 0 Å². The van der Waals surface area contributed by atoms with E-state index in [0.717, 1.165) is 11.3 Å². The maximum atomic E-state index is 11.0. The van der Waals surface area contributed by atoms with Crippen LogP contribution in [0.15, 0.2) is 42.6 Å². The van der Waals surface area contributed by atoms with Crippen LogP contribution in [0.5, 0.6) is 5.75 Å². The minimum Gasteiger partial charge on any atom is -0.497 e. The van der Waals surface area contributed by atoms with Crippen LogP contribution in [0.25, 0.3) is 5.65 Å². The Kier molecular flexibility index (Phi) is 3.27. The molecule has 0 radical (unpaired) electrons. The number of fused-ring (bicyclic) bond motifs is 1. The minimum absolute atomic E-state index is 0.203. The largest absolute Gasteiger partial charge is 0.497 e. The number of hydrogen-bond donors (Lipinski definition) is 1. The molecule has 1 N–H and O–H groups in total. The Balaban J connectivity index is 1.99. The van der Waals surface area contributed by atoms with E-state index in [1.54, 1.807) is 17.6 Å². The van der Waals surface area contributed by atoms with E-state index in [4.69, 9.17) is 9.84 Å². The zero-order valence-electron chi connectivity index (χ0n) is 11.4. The second-order valence-electron chi connectivity index (χ2n) is 4.60. The molecule has 0 saturated heterocycles. The first-order valence-corrected chi connectivity index (χ1v) is 6.37. The monoisotopic (exact) mass is 283 g/mol. The van der Waals surface area contributed by atoms with Crippen molar-refractivity contribution in [2.45, 2.75) is 6.42 Å². The molecule has 0 fully saturated rings. The molecule has 21 heavy (non-hydrogen) atoms. The number of carboxylic acids is 1. The van der Waals surface area contributed by atoms with Gasteiger partial charge < -0.3 is 9.84 Å². The van der Waals surface area contributed by atoms with Crippen molar-refractivity contribution in [2.75, 3.05) is 7.11 Å². The normalized spacial score (nSPS) is 10.7.